The van der Waals surface area contributed by atoms with Crippen molar-refractivity contribution in [3.05, 3.63) is 107 Å². The molecule has 11 N–H and O–H groups in total. The summed E-state index contributed by atoms with van der Waals surface area (Å²) in [6.07, 6.45) is 2.58. The molecule has 1 aromatic heterocycles. The van der Waals surface area contributed by atoms with Crippen LogP contribution in [0.1, 0.15) is 42.9 Å². The minimum absolute atomic E-state index is 0.0701. The van der Waals surface area contributed by atoms with Crippen LogP contribution in [0.4, 0.5) is 0 Å². The van der Waals surface area contributed by atoms with Crippen molar-refractivity contribution in [3.63, 3.8) is 0 Å². The second-order valence-electron chi connectivity index (χ2n) is 12.6. The molecule has 0 unspecified atom stereocenters. The number of hydrogen-bond donors (Lipinski definition) is 8. The standard InChI is InChI=1S/C38H46ClN9O5/c1-2-33(49)45-31(20-24-14-16-26(39)17-15-24)36(52)48-32(19-23-9-4-3-5-10-23)37(53)46-29(13-8-18-43-38(41)42)35(51)47-30(34(40)50)21-25-22-44-28-12-7-6-11-27(25)28/h3-7,9-12,14-17,22,29-32,44H,2,8,13,18-21H2,1H3,(H2,40,50)(H,45,49)(H,46,53)(H,47,51)(H,48,52)(H4,41,42,43)/t29-,30-,31-,32-/m0/s1. The number of rotatable bonds is 19. The molecule has 0 spiro atoms. The first-order valence-electron chi connectivity index (χ1n) is 17.3. The predicted octanol–water partition coefficient (Wildman–Crippen LogP) is 1.74. The first-order valence-corrected chi connectivity index (χ1v) is 17.7. The van der Waals surface area contributed by atoms with Gasteiger partial charge in [-0.15, -0.1) is 0 Å². The Morgan fingerprint density at radius 2 is 1.26 bits per heavy atom. The first-order chi connectivity index (χ1) is 25.4. The summed E-state index contributed by atoms with van der Waals surface area (Å²) in [5.41, 5.74) is 19.8. The van der Waals surface area contributed by atoms with Gasteiger partial charge < -0.3 is 43.5 Å². The van der Waals surface area contributed by atoms with E-state index in [9.17, 15) is 24.0 Å². The number of amides is 5. The molecule has 4 rings (SSSR count). The lowest BCUT2D eigenvalue weighted by atomic mass is 10.0. The highest BCUT2D eigenvalue weighted by molar-refractivity contribution is 6.30. The van der Waals surface area contributed by atoms with Crippen LogP contribution in [0, 0.1) is 0 Å². The summed E-state index contributed by atoms with van der Waals surface area (Å²) in [6.45, 7) is 1.84. The van der Waals surface area contributed by atoms with Crippen molar-refractivity contribution in [3.8, 4) is 0 Å². The molecule has 0 fully saturated rings. The van der Waals surface area contributed by atoms with E-state index in [0.717, 1.165) is 27.6 Å². The molecule has 53 heavy (non-hydrogen) atoms. The molecule has 0 aliphatic heterocycles. The quantitative estimate of drug-likeness (QED) is 0.0402. The third kappa shape index (κ3) is 12.4. The van der Waals surface area contributed by atoms with Crippen molar-refractivity contribution in [2.45, 2.75) is 69.6 Å². The number of benzene rings is 3. The zero-order chi connectivity index (χ0) is 38.3. The van der Waals surface area contributed by atoms with Gasteiger partial charge in [-0.3, -0.25) is 29.0 Å². The number of halogens is 1. The summed E-state index contributed by atoms with van der Waals surface area (Å²) >= 11 is 6.05. The first kappa shape index (κ1) is 39.9. The molecule has 0 aliphatic rings. The number of guanidine groups is 1. The lowest BCUT2D eigenvalue weighted by molar-refractivity contribution is -0.134. The number of aromatic nitrogens is 1. The molecule has 1 heterocycles. The number of H-pyrrole nitrogens is 1. The van der Waals surface area contributed by atoms with E-state index >= 15 is 0 Å². The maximum Gasteiger partial charge on any atom is 0.243 e. The average Bonchev–Trinajstić information content (AvgIpc) is 3.55. The van der Waals surface area contributed by atoms with Gasteiger partial charge in [0.1, 0.15) is 24.2 Å². The van der Waals surface area contributed by atoms with Crippen LogP contribution in [-0.4, -0.2) is 71.2 Å². The van der Waals surface area contributed by atoms with Gasteiger partial charge in [-0.25, -0.2) is 0 Å². The van der Waals surface area contributed by atoms with Crippen molar-refractivity contribution in [2.75, 3.05) is 6.54 Å². The van der Waals surface area contributed by atoms with Gasteiger partial charge >= 0.3 is 0 Å². The van der Waals surface area contributed by atoms with Crippen LogP contribution >= 0.6 is 11.6 Å². The normalized spacial score (nSPS) is 13.2. The molecular formula is C38H46ClN9O5. The molecule has 0 saturated carbocycles. The second-order valence-corrected chi connectivity index (χ2v) is 13.0. The number of aliphatic imine (C=N–C) groups is 1. The summed E-state index contributed by atoms with van der Waals surface area (Å²) in [6, 6.07) is 19.0. The van der Waals surface area contributed by atoms with Crippen LogP contribution in [-0.2, 0) is 43.2 Å². The SMILES string of the molecule is CCC(=O)N[C@@H](Cc1ccc(Cl)cc1)C(=O)N[C@@H](Cc1ccccc1)C(=O)N[C@@H](CCCN=C(N)N)C(=O)N[C@@H](Cc1c[nH]c2ccccc12)C(N)=O. The number of nitrogens with zero attached hydrogens (tertiary/aromatic N) is 1. The van der Waals surface area contributed by atoms with Crippen molar-refractivity contribution in [2.24, 2.45) is 22.2 Å². The maximum atomic E-state index is 14.1. The van der Waals surface area contributed by atoms with E-state index in [1.54, 1.807) is 61.7 Å². The van der Waals surface area contributed by atoms with Crippen LogP contribution < -0.4 is 38.5 Å². The fourth-order valence-electron chi connectivity index (χ4n) is 5.75. The molecule has 3 aromatic carbocycles. The molecule has 0 saturated heterocycles. The van der Waals surface area contributed by atoms with Crippen molar-refractivity contribution >= 4 is 58.0 Å². The van der Waals surface area contributed by atoms with Crippen molar-refractivity contribution in [1.29, 1.82) is 0 Å². The summed E-state index contributed by atoms with van der Waals surface area (Å²) < 4.78 is 0. The number of carbonyl (C=O) groups is 5. The molecule has 0 bridgehead atoms. The van der Waals surface area contributed by atoms with Crippen LogP contribution in [0.3, 0.4) is 0 Å². The molecule has 280 valence electrons. The van der Waals surface area contributed by atoms with Crippen LogP contribution in [0.2, 0.25) is 5.02 Å². The fraction of sp³-hybridized carbons (Fsp3) is 0.316. The molecule has 0 aliphatic carbocycles. The van der Waals surface area contributed by atoms with E-state index in [1.165, 1.54) is 0 Å². The molecule has 14 nitrogen and oxygen atoms in total. The van der Waals surface area contributed by atoms with E-state index < -0.39 is 47.8 Å². The van der Waals surface area contributed by atoms with Gasteiger partial charge in [0, 0.05) is 54.4 Å². The molecule has 0 radical (unpaired) electrons. The topological polar surface area (TPSA) is 240 Å². The lowest BCUT2D eigenvalue weighted by Crippen LogP contribution is -2.59. The number of hydrogen-bond acceptors (Lipinski definition) is 6. The molecule has 5 amide bonds. The largest absolute Gasteiger partial charge is 0.370 e. The van der Waals surface area contributed by atoms with Crippen LogP contribution in [0.25, 0.3) is 10.9 Å². The van der Waals surface area contributed by atoms with E-state index in [2.05, 4.69) is 31.2 Å². The Balaban J connectivity index is 1.57. The monoisotopic (exact) mass is 743 g/mol. The smallest absolute Gasteiger partial charge is 0.243 e. The Bertz CT molecular complexity index is 1890. The third-order valence-electron chi connectivity index (χ3n) is 8.58. The van der Waals surface area contributed by atoms with Crippen molar-refractivity contribution < 1.29 is 24.0 Å². The second kappa shape index (κ2) is 19.6. The van der Waals surface area contributed by atoms with Crippen molar-refractivity contribution in [1.82, 2.24) is 26.3 Å². The summed E-state index contributed by atoms with van der Waals surface area (Å²) in [7, 11) is 0. The van der Waals surface area contributed by atoms with Gasteiger partial charge in [0.15, 0.2) is 5.96 Å². The van der Waals surface area contributed by atoms with Gasteiger partial charge in [0.2, 0.25) is 29.5 Å². The molecule has 4 atom stereocenters. The highest BCUT2D eigenvalue weighted by Crippen LogP contribution is 2.19. The summed E-state index contributed by atoms with van der Waals surface area (Å²) in [5.74, 6) is -3.16. The minimum atomic E-state index is -1.17. The number of nitrogens with one attached hydrogen (secondary N) is 5. The van der Waals surface area contributed by atoms with Crippen LogP contribution in [0.15, 0.2) is 90.1 Å². The zero-order valence-electron chi connectivity index (χ0n) is 29.4. The number of nitrogens with two attached hydrogens (primary N) is 3. The van der Waals surface area contributed by atoms with Gasteiger partial charge in [-0.2, -0.15) is 0 Å². The number of fused-ring (bicyclic) bond motifs is 1. The summed E-state index contributed by atoms with van der Waals surface area (Å²) in [5, 5.41) is 12.4. The lowest BCUT2D eigenvalue weighted by Gasteiger charge is -2.26. The van der Waals surface area contributed by atoms with Gasteiger partial charge in [0.05, 0.1) is 0 Å². The van der Waals surface area contributed by atoms with E-state index in [0.29, 0.717) is 11.4 Å². The number of aromatic amines is 1. The van der Waals surface area contributed by atoms with Gasteiger partial charge in [-0.05, 0) is 47.7 Å². The van der Waals surface area contributed by atoms with Gasteiger partial charge in [-0.1, -0.05) is 79.2 Å². The minimum Gasteiger partial charge on any atom is -0.370 e. The average molecular weight is 744 g/mol. The number of para-hydroxylation sites is 1. The maximum absolute atomic E-state index is 14.1. The third-order valence-corrected chi connectivity index (χ3v) is 8.83. The zero-order valence-corrected chi connectivity index (χ0v) is 30.2. The summed E-state index contributed by atoms with van der Waals surface area (Å²) in [4.78, 5) is 73.9. The number of primary amides is 1. The Kier molecular flexibility index (Phi) is 14.8. The van der Waals surface area contributed by atoms with Crippen LogP contribution in [0.5, 0.6) is 0 Å². The highest BCUT2D eigenvalue weighted by atomic mass is 35.5. The van der Waals surface area contributed by atoms with E-state index in [1.807, 2.05) is 30.3 Å². The fourth-order valence-corrected chi connectivity index (χ4v) is 5.88. The Labute approximate surface area is 312 Å². The number of carbonyl (C=O) groups excluding carboxylic acids is 5. The molecule has 15 heteroatoms. The molecular weight excluding hydrogens is 698 g/mol. The highest BCUT2D eigenvalue weighted by Gasteiger charge is 2.31. The molecule has 4 aromatic rings. The van der Waals surface area contributed by atoms with E-state index in [-0.39, 0.29) is 50.5 Å². The Morgan fingerprint density at radius 3 is 1.91 bits per heavy atom. The predicted molar refractivity (Wildman–Crippen MR) is 204 cm³/mol. The Hall–Kier alpha value is -5.89. The van der Waals surface area contributed by atoms with E-state index in [4.69, 9.17) is 28.8 Å². The Morgan fingerprint density at radius 1 is 0.698 bits per heavy atom. The van der Waals surface area contributed by atoms with Gasteiger partial charge in [0.25, 0.3) is 0 Å².